The van der Waals surface area contributed by atoms with Gasteiger partial charge in [-0.15, -0.1) is 0 Å². The van der Waals surface area contributed by atoms with E-state index in [4.69, 9.17) is 14.0 Å². The van der Waals surface area contributed by atoms with Gasteiger partial charge in [0, 0.05) is 61.9 Å². The van der Waals surface area contributed by atoms with Crippen molar-refractivity contribution in [2.45, 2.75) is 13.2 Å². The van der Waals surface area contributed by atoms with Crippen molar-refractivity contribution in [3.63, 3.8) is 0 Å². The van der Waals surface area contributed by atoms with Gasteiger partial charge >= 0.3 is 15.0 Å². The van der Waals surface area contributed by atoms with Gasteiger partial charge in [-0.25, -0.2) is 26.3 Å². The monoisotopic (exact) mass is 600 g/mol. The molecule has 4 aromatic carbocycles. The minimum Gasteiger partial charge on any atom is -0.433 e. The number of anilines is 2. The van der Waals surface area contributed by atoms with E-state index >= 15 is 0 Å². The molecule has 0 aromatic heterocycles. The van der Waals surface area contributed by atoms with Crippen LogP contribution >= 0.6 is 0 Å². The summed E-state index contributed by atoms with van der Waals surface area (Å²) < 4.78 is 96.2. The fourth-order valence-electron chi connectivity index (χ4n) is 4.06. The molecular weight excluding hydrogens is 572 g/mol. The third-order valence-corrected chi connectivity index (χ3v) is 6.21. The van der Waals surface area contributed by atoms with E-state index < -0.39 is 34.9 Å². The van der Waals surface area contributed by atoms with Crippen molar-refractivity contribution in [2.75, 3.05) is 36.9 Å². The van der Waals surface area contributed by atoms with Gasteiger partial charge < -0.3 is 24.7 Å². The Kier molecular flexibility index (Phi) is 12.0. The number of nitrogens with one attached hydrogen (secondary N) is 2. The zero-order chi connectivity index (χ0) is 30.6. The summed E-state index contributed by atoms with van der Waals surface area (Å²) in [5.41, 5.74) is 4.12. The first-order chi connectivity index (χ1) is 20.8. The fourth-order valence-corrected chi connectivity index (χ4v) is 4.06. The minimum atomic E-state index is -1.50. The molecule has 224 valence electrons. The maximum Gasteiger partial charge on any atom is 0.308 e. The zero-order valence-electron chi connectivity index (χ0n) is 23.1. The van der Waals surface area contributed by atoms with Crippen LogP contribution in [0.5, 0.6) is 0 Å². The molecule has 0 atom stereocenters. The van der Waals surface area contributed by atoms with Gasteiger partial charge in [0.15, 0.2) is 34.9 Å². The molecule has 2 N–H and O–H groups in total. The highest BCUT2D eigenvalue weighted by Crippen LogP contribution is 2.18. The van der Waals surface area contributed by atoms with Crippen molar-refractivity contribution in [1.29, 1.82) is 0 Å². The van der Waals surface area contributed by atoms with E-state index in [2.05, 4.69) is 10.6 Å². The molecule has 0 saturated carbocycles. The summed E-state index contributed by atoms with van der Waals surface area (Å²) in [5, 5.41) is 5.58. The largest absolute Gasteiger partial charge is 0.433 e. The quantitative estimate of drug-likeness (QED) is 0.0863. The SMILES string of the molecule is Fc1cc(NCCOBc2ccc(COCc3cccc(BOCCNc4cc(F)c(F)c(F)c4)c3)cc2)cc(F)c1F. The summed E-state index contributed by atoms with van der Waals surface area (Å²) in [6, 6.07) is 19.0. The van der Waals surface area contributed by atoms with Crippen molar-refractivity contribution in [2.24, 2.45) is 0 Å². The molecule has 0 unspecified atom stereocenters. The van der Waals surface area contributed by atoms with Gasteiger partial charge in [-0.3, -0.25) is 0 Å². The summed E-state index contributed by atoms with van der Waals surface area (Å²) in [6.07, 6.45) is 0. The van der Waals surface area contributed by atoms with E-state index in [1.807, 2.05) is 48.5 Å². The summed E-state index contributed by atoms with van der Waals surface area (Å²) in [7, 11) is 0.688. The van der Waals surface area contributed by atoms with Crippen LogP contribution in [0.3, 0.4) is 0 Å². The van der Waals surface area contributed by atoms with Crippen LogP contribution in [-0.4, -0.2) is 41.3 Å². The summed E-state index contributed by atoms with van der Waals surface area (Å²) in [4.78, 5) is 0. The number of halogens is 6. The van der Waals surface area contributed by atoms with E-state index in [-0.39, 0.29) is 31.1 Å². The highest BCUT2D eigenvalue weighted by molar-refractivity contribution is 6.47. The predicted molar refractivity (Wildman–Crippen MR) is 156 cm³/mol. The van der Waals surface area contributed by atoms with Crippen LogP contribution in [0.15, 0.2) is 72.8 Å². The third-order valence-electron chi connectivity index (χ3n) is 6.21. The van der Waals surface area contributed by atoms with Crippen molar-refractivity contribution in [3.05, 3.63) is 119 Å². The van der Waals surface area contributed by atoms with Crippen LogP contribution in [0.4, 0.5) is 37.7 Å². The molecule has 0 radical (unpaired) electrons. The Bertz CT molecular complexity index is 1450. The molecule has 4 rings (SSSR count). The van der Waals surface area contributed by atoms with Gasteiger partial charge in [-0.2, -0.15) is 0 Å². The van der Waals surface area contributed by atoms with Crippen molar-refractivity contribution in [1.82, 2.24) is 0 Å². The fraction of sp³-hybridized carbons (Fsp3) is 0.200. The zero-order valence-corrected chi connectivity index (χ0v) is 23.1. The highest BCUT2D eigenvalue weighted by Gasteiger charge is 2.11. The Hall–Kier alpha value is -3.93. The minimum absolute atomic E-state index is 0.133. The van der Waals surface area contributed by atoms with E-state index in [1.165, 1.54) is 0 Å². The number of benzene rings is 4. The van der Waals surface area contributed by atoms with E-state index in [1.54, 1.807) is 0 Å². The molecule has 0 aliphatic rings. The highest BCUT2D eigenvalue weighted by atomic mass is 19.2. The number of hydrogen-bond acceptors (Lipinski definition) is 5. The second-order valence-electron chi connectivity index (χ2n) is 9.60. The molecule has 0 spiro atoms. The average Bonchev–Trinajstić information content (AvgIpc) is 2.99. The van der Waals surface area contributed by atoms with E-state index in [0.717, 1.165) is 46.3 Å². The second-order valence-corrected chi connectivity index (χ2v) is 9.60. The number of ether oxygens (including phenoxy) is 1. The first-order valence-electron chi connectivity index (χ1n) is 13.4. The predicted octanol–water partition coefficient (Wildman–Crippen LogP) is 4.45. The Balaban J connectivity index is 1.09. The maximum atomic E-state index is 13.3. The van der Waals surface area contributed by atoms with E-state index in [9.17, 15) is 26.3 Å². The first kappa shape index (κ1) is 32.0. The Morgan fingerprint density at radius 1 is 0.535 bits per heavy atom. The summed E-state index contributed by atoms with van der Waals surface area (Å²) in [6.45, 7) is 1.95. The lowest BCUT2D eigenvalue weighted by molar-refractivity contribution is 0.107. The molecule has 0 heterocycles. The molecule has 13 heteroatoms. The maximum absolute atomic E-state index is 13.3. The Labute approximate surface area is 246 Å². The molecule has 4 aromatic rings. The van der Waals surface area contributed by atoms with Crippen molar-refractivity contribution >= 4 is 37.3 Å². The standard InChI is InChI=1S/C30H28B2F6N2O3/c33-25-13-23(14-26(34)29(25)37)39-8-10-42-31-21-6-4-19(5-7-21)17-41-18-20-2-1-3-22(12-20)32-43-11-9-40-24-15-27(35)30(38)28(36)16-24/h1-7,12-16,31-32,39-40H,8-11,17-18H2. The molecule has 0 fully saturated rings. The van der Waals surface area contributed by atoms with E-state index in [0.29, 0.717) is 34.7 Å². The van der Waals surface area contributed by atoms with Crippen molar-refractivity contribution in [3.8, 4) is 0 Å². The van der Waals surface area contributed by atoms with Gasteiger partial charge in [-0.1, -0.05) is 59.5 Å². The van der Waals surface area contributed by atoms with Gasteiger partial charge in [0.1, 0.15) is 0 Å². The molecule has 0 aliphatic heterocycles. The summed E-state index contributed by atoms with van der Waals surface area (Å²) in [5.74, 6) is -8.01. The lowest BCUT2D eigenvalue weighted by Crippen LogP contribution is -2.21. The molecule has 43 heavy (non-hydrogen) atoms. The first-order valence-corrected chi connectivity index (χ1v) is 13.4. The third kappa shape index (κ3) is 10.1. The molecule has 0 amide bonds. The van der Waals surface area contributed by atoms with Gasteiger partial charge in [-0.05, 0) is 11.1 Å². The van der Waals surface area contributed by atoms with Gasteiger partial charge in [0.25, 0.3) is 0 Å². The normalized spacial score (nSPS) is 10.9. The van der Waals surface area contributed by atoms with Crippen LogP contribution in [0.25, 0.3) is 0 Å². The molecule has 0 bridgehead atoms. The molecule has 5 nitrogen and oxygen atoms in total. The van der Waals surface area contributed by atoms with Crippen molar-refractivity contribution < 1.29 is 40.4 Å². The Morgan fingerprint density at radius 2 is 1.02 bits per heavy atom. The smallest absolute Gasteiger partial charge is 0.308 e. The van der Waals surface area contributed by atoms with Gasteiger partial charge in [0.2, 0.25) is 0 Å². The topological polar surface area (TPSA) is 51.8 Å². The number of hydrogen-bond donors (Lipinski definition) is 2. The van der Waals surface area contributed by atoms with Gasteiger partial charge in [0.05, 0.1) is 13.2 Å². The Morgan fingerprint density at radius 3 is 1.56 bits per heavy atom. The second kappa shape index (κ2) is 16.1. The average molecular weight is 600 g/mol. The van der Waals surface area contributed by atoms with Crippen LogP contribution in [0.2, 0.25) is 0 Å². The lowest BCUT2D eigenvalue weighted by atomic mass is 9.87. The molecule has 0 saturated heterocycles. The molecular formula is C30H28B2F6N2O3. The number of rotatable bonds is 16. The molecule has 0 aliphatic carbocycles. The lowest BCUT2D eigenvalue weighted by Gasteiger charge is -2.10. The van der Waals surface area contributed by atoms with Crippen LogP contribution in [0.1, 0.15) is 11.1 Å². The van der Waals surface area contributed by atoms with Crippen LogP contribution < -0.4 is 21.6 Å². The van der Waals surface area contributed by atoms with Crippen LogP contribution in [0, 0.1) is 34.9 Å². The summed E-state index contributed by atoms with van der Waals surface area (Å²) >= 11 is 0. The van der Waals surface area contributed by atoms with Crippen LogP contribution in [-0.2, 0) is 27.3 Å².